The van der Waals surface area contributed by atoms with E-state index in [2.05, 4.69) is 10.6 Å². The first-order chi connectivity index (χ1) is 10.3. The summed E-state index contributed by atoms with van der Waals surface area (Å²) in [6, 6.07) is 10.1. The molecular weight excluding hydrogens is 264 g/mol. The van der Waals surface area contributed by atoms with E-state index in [0.717, 1.165) is 32.1 Å². The van der Waals surface area contributed by atoms with Crippen molar-refractivity contribution in [3.05, 3.63) is 35.9 Å². The summed E-state index contributed by atoms with van der Waals surface area (Å²) in [5, 5.41) is 5.75. The Hall–Kier alpha value is -1.84. The number of nitrogens with one attached hydrogen (secondary N) is 2. The molecular formula is C17H24N2O2. The Morgan fingerprint density at radius 2 is 1.71 bits per heavy atom. The van der Waals surface area contributed by atoms with E-state index in [1.54, 1.807) is 0 Å². The zero-order chi connectivity index (χ0) is 14.9. The molecule has 1 aromatic rings. The summed E-state index contributed by atoms with van der Waals surface area (Å²) < 4.78 is 0. The van der Waals surface area contributed by atoms with Gasteiger partial charge in [0.25, 0.3) is 0 Å². The van der Waals surface area contributed by atoms with Gasteiger partial charge in [0.1, 0.15) is 0 Å². The Kier molecular flexibility index (Phi) is 6.25. The molecule has 0 unspecified atom stereocenters. The van der Waals surface area contributed by atoms with Gasteiger partial charge in [0.15, 0.2) is 0 Å². The molecule has 1 aliphatic carbocycles. The number of carbonyl (C=O) groups excluding carboxylic acids is 2. The molecule has 1 aliphatic rings. The highest BCUT2D eigenvalue weighted by Gasteiger charge is 2.22. The lowest BCUT2D eigenvalue weighted by molar-refractivity contribution is -0.125. The lowest BCUT2D eigenvalue weighted by Gasteiger charge is -2.10. The van der Waals surface area contributed by atoms with E-state index in [9.17, 15) is 9.59 Å². The number of hydrogen-bond donors (Lipinski definition) is 2. The fourth-order valence-electron chi connectivity index (χ4n) is 2.71. The van der Waals surface area contributed by atoms with Gasteiger partial charge in [-0.1, -0.05) is 43.2 Å². The van der Waals surface area contributed by atoms with Crippen LogP contribution in [0.15, 0.2) is 30.3 Å². The summed E-state index contributed by atoms with van der Waals surface area (Å²) >= 11 is 0. The molecule has 2 rings (SSSR count). The van der Waals surface area contributed by atoms with Crippen molar-refractivity contribution in [1.29, 1.82) is 0 Å². The maximum absolute atomic E-state index is 11.8. The first-order valence-electron chi connectivity index (χ1n) is 7.84. The van der Waals surface area contributed by atoms with Crippen LogP contribution in [-0.2, 0) is 16.0 Å². The molecule has 0 heterocycles. The second kappa shape index (κ2) is 8.45. The molecule has 114 valence electrons. The van der Waals surface area contributed by atoms with Crippen molar-refractivity contribution in [2.45, 2.75) is 38.5 Å². The van der Waals surface area contributed by atoms with Gasteiger partial charge in [-0.15, -0.1) is 0 Å². The summed E-state index contributed by atoms with van der Waals surface area (Å²) in [4.78, 5) is 23.5. The van der Waals surface area contributed by atoms with Crippen molar-refractivity contribution in [2.24, 2.45) is 5.92 Å². The normalized spacial score (nSPS) is 14.9. The van der Waals surface area contributed by atoms with Gasteiger partial charge in [0, 0.05) is 25.4 Å². The number of amides is 2. The number of rotatable bonds is 7. The smallest absolute Gasteiger partial charge is 0.223 e. The molecule has 0 bridgehead atoms. The van der Waals surface area contributed by atoms with Gasteiger partial charge in [-0.05, 0) is 24.8 Å². The third-order valence-electron chi connectivity index (χ3n) is 3.96. The molecule has 0 radical (unpaired) electrons. The monoisotopic (exact) mass is 288 g/mol. The summed E-state index contributed by atoms with van der Waals surface area (Å²) in [5.74, 6) is 0.286. The Morgan fingerprint density at radius 3 is 2.43 bits per heavy atom. The van der Waals surface area contributed by atoms with Crippen LogP contribution in [0.5, 0.6) is 0 Å². The van der Waals surface area contributed by atoms with Gasteiger partial charge in [-0.25, -0.2) is 0 Å². The van der Waals surface area contributed by atoms with Crippen LogP contribution in [0.4, 0.5) is 0 Å². The Labute approximate surface area is 126 Å². The van der Waals surface area contributed by atoms with Gasteiger partial charge < -0.3 is 10.6 Å². The van der Waals surface area contributed by atoms with E-state index in [4.69, 9.17) is 0 Å². The van der Waals surface area contributed by atoms with Crippen LogP contribution in [0, 0.1) is 5.92 Å². The van der Waals surface area contributed by atoms with Gasteiger partial charge in [0.2, 0.25) is 11.8 Å². The molecule has 1 saturated carbocycles. The van der Waals surface area contributed by atoms with E-state index < -0.39 is 0 Å². The van der Waals surface area contributed by atoms with Crippen molar-refractivity contribution < 1.29 is 9.59 Å². The fraction of sp³-hybridized carbons (Fsp3) is 0.529. The first-order valence-corrected chi connectivity index (χ1v) is 7.84. The Morgan fingerprint density at radius 1 is 1.00 bits per heavy atom. The van der Waals surface area contributed by atoms with E-state index >= 15 is 0 Å². The predicted octanol–water partition coefficient (Wildman–Crippen LogP) is 2.04. The van der Waals surface area contributed by atoms with Gasteiger partial charge in [-0.2, -0.15) is 0 Å². The van der Waals surface area contributed by atoms with Gasteiger partial charge in [-0.3, -0.25) is 9.59 Å². The molecule has 4 nitrogen and oxygen atoms in total. The van der Waals surface area contributed by atoms with E-state index in [-0.39, 0.29) is 17.7 Å². The highest BCUT2D eigenvalue weighted by atomic mass is 16.2. The summed E-state index contributed by atoms with van der Waals surface area (Å²) in [6.07, 6.45) is 5.48. The lowest BCUT2D eigenvalue weighted by atomic mass is 10.1. The maximum atomic E-state index is 11.8. The molecule has 4 heteroatoms. The highest BCUT2D eigenvalue weighted by molar-refractivity contribution is 5.80. The maximum Gasteiger partial charge on any atom is 0.223 e. The van der Waals surface area contributed by atoms with Crippen molar-refractivity contribution >= 4 is 11.8 Å². The number of hydrogen-bond acceptors (Lipinski definition) is 2. The SMILES string of the molecule is O=C(CCNC(=O)C1CCCC1)NCCc1ccccc1. The molecule has 21 heavy (non-hydrogen) atoms. The third kappa shape index (κ3) is 5.58. The fourth-order valence-corrected chi connectivity index (χ4v) is 2.71. The predicted molar refractivity (Wildman–Crippen MR) is 82.7 cm³/mol. The minimum atomic E-state index is -0.00217. The molecule has 0 spiro atoms. The summed E-state index contributed by atoms with van der Waals surface area (Å²) in [6.45, 7) is 1.08. The van der Waals surface area contributed by atoms with Crippen LogP contribution < -0.4 is 10.6 Å². The molecule has 1 fully saturated rings. The zero-order valence-corrected chi connectivity index (χ0v) is 12.4. The van der Waals surface area contributed by atoms with Crippen LogP contribution in [0.2, 0.25) is 0 Å². The van der Waals surface area contributed by atoms with E-state index in [1.165, 1.54) is 5.56 Å². The molecule has 0 aromatic heterocycles. The van der Waals surface area contributed by atoms with Gasteiger partial charge >= 0.3 is 0 Å². The van der Waals surface area contributed by atoms with Crippen LogP contribution in [0.1, 0.15) is 37.7 Å². The Balaban J connectivity index is 1.54. The minimum absolute atomic E-state index is 0.00217. The highest BCUT2D eigenvalue weighted by Crippen LogP contribution is 2.24. The van der Waals surface area contributed by atoms with Crippen molar-refractivity contribution in [3.8, 4) is 0 Å². The molecule has 2 N–H and O–H groups in total. The van der Waals surface area contributed by atoms with Crippen LogP contribution in [0.3, 0.4) is 0 Å². The average molecular weight is 288 g/mol. The van der Waals surface area contributed by atoms with Gasteiger partial charge in [0.05, 0.1) is 0 Å². The minimum Gasteiger partial charge on any atom is -0.356 e. The second-order valence-corrected chi connectivity index (χ2v) is 5.61. The summed E-state index contributed by atoms with van der Waals surface area (Å²) in [7, 11) is 0. The van der Waals surface area contributed by atoms with Crippen LogP contribution in [0.25, 0.3) is 0 Å². The third-order valence-corrected chi connectivity index (χ3v) is 3.96. The van der Waals surface area contributed by atoms with Crippen molar-refractivity contribution in [2.75, 3.05) is 13.1 Å². The molecule has 1 aromatic carbocycles. The van der Waals surface area contributed by atoms with Crippen molar-refractivity contribution in [3.63, 3.8) is 0 Å². The molecule has 0 atom stereocenters. The first kappa shape index (κ1) is 15.5. The molecule has 0 aliphatic heterocycles. The zero-order valence-electron chi connectivity index (χ0n) is 12.4. The quantitative estimate of drug-likeness (QED) is 0.806. The average Bonchev–Trinajstić information content (AvgIpc) is 3.02. The van der Waals surface area contributed by atoms with Crippen LogP contribution >= 0.6 is 0 Å². The van der Waals surface area contributed by atoms with E-state index in [0.29, 0.717) is 19.5 Å². The molecule has 0 saturated heterocycles. The Bertz CT molecular complexity index is 453. The topological polar surface area (TPSA) is 58.2 Å². The lowest BCUT2D eigenvalue weighted by Crippen LogP contribution is -2.34. The standard InChI is InChI=1S/C17H24N2O2/c20-16(18-12-10-14-6-2-1-3-7-14)11-13-19-17(21)15-8-4-5-9-15/h1-3,6-7,15H,4-5,8-13H2,(H,18,20)(H,19,21). The van der Waals surface area contributed by atoms with E-state index in [1.807, 2.05) is 30.3 Å². The second-order valence-electron chi connectivity index (χ2n) is 5.61. The molecule has 2 amide bonds. The summed E-state index contributed by atoms with van der Waals surface area (Å²) in [5.41, 5.74) is 1.22. The number of carbonyl (C=O) groups is 2. The number of benzene rings is 1. The van der Waals surface area contributed by atoms with Crippen LogP contribution in [-0.4, -0.2) is 24.9 Å². The van der Waals surface area contributed by atoms with Crippen molar-refractivity contribution in [1.82, 2.24) is 10.6 Å². The largest absolute Gasteiger partial charge is 0.356 e.